The lowest BCUT2D eigenvalue weighted by atomic mass is 10.0. The molecule has 0 unspecified atom stereocenters. The highest BCUT2D eigenvalue weighted by atomic mass is 79.9. The lowest BCUT2D eigenvalue weighted by Crippen LogP contribution is -2.26. The Labute approximate surface area is 165 Å². The highest BCUT2D eigenvalue weighted by Crippen LogP contribution is 2.34. The maximum atomic E-state index is 13.0. The second-order valence-electron chi connectivity index (χ2n) is 6.62. The molecule has 27 heavy (non-hydrogen) atoms. The van der Waals surface area contributed by atoms with Crippen molar-refractivity contribution in [2.75, 3.05) is 7.05 Å². The minimum absolute atomic E-state index is 0.154. The number of furan rings is 1. The number of halogens is 1. The molecule has 0 bridgehead atoms. The molecule has 5 heteroatoms. The van der Waals surface area contributed by atoms with Gasteiger partial charge in [-0.25, -0.2) is 0 Å². The van der Waals surface area contributed by atoms with Crippen molar-refractivity contribution in [1.29, 1.82) is 0 Å². The summed E-state index contributed by atoms with van der Waals surface area (Å²) in [6, 6.07) is 17.0. The average molecular weight is 424 g/mol. The molecule has 0 aliphatic carbocycles. The van der Waals surface area contributed by atoms with Crippen molar-refractivity contribution in [3.63, 3.8) is 0 Å². The first-order valence-electron chi connectivity index (χ1n) is 8.60. The predicted octanol–water partition coefficient (Wildman–Crippen LogP) is 5.63. The number of benzene rings is 3. The van der Waals surface area contributed by atoms with E-state index in [1.165, 1.54) is 0 Å². The molecule has 0 spiro atoms. The number of aromatic hydroxyl groups is 1. The van der Waals surface area contributed by atoms with E-state index in [4.69, 9.17) is 4.42 Å². The fourth-order valence-electron chi connectivity index (χ4n) is 3.39. The number of carbonyl (C=O) groups excluding carboxylic acids is 1. The third kappa shape index (κ3) is 2.98. The fourth-order valence-corrected chi connectivity index (χ4v) is 3.87. The number of hydrogen-bond acceptors (Lipinski definition) is 3. The van der Waals surface area contributed by atoms with Crippen molar-refractivity contribution in [3.05, 3.63) is 76.0 Å². The summed E-state index contributed by atoms with van der Waals surface area (Å²) in [5, 5.41) is 12.8. The fraction of sp³-hybridized carbons (Fsp3) is 0.136. The van der Waals surface area contributed by atoms with Crippen LogP contribution in [0.3, 0.4) is 0 Å². The summed E-state index contributed by atoms with van der Waals surface area (Å²) in [4.78, 5) is 14.6. The summed E-state index contributed by atoms with van der Waals surface area (Å²) >= 11 is 3.43. The number of phenolic OH excluding ortho intramolecular Hbond substituents is 1. The van der Waals surface area contributed by atoms with Gasteiger partial charge < -0.3 is 14.4 Å². The van der Waals surface area contributed by atoms with Gasteiger partial charge in [0, 0.05) is 24.5 Å². The first-order chi connectivity index (χ1) is 13.0. The van der Waals surface area contributed by atoms with Crippen LogP contribution in [0, 0.1) is 6.92 Å². The molecule has 0 aliphatic rings. The molecule has 4 aromatic rings. The Balaban J connectivity index is 1.68. The number of phenols is 1. The molecule has 4 rings (SSSR count). The average Bonchev–Trinajstić information content (AvgIpc) is 3.01. The normalized spacial score (nSPS) is 11.2. The van der Waals surface area contributed by atoms with Gasteiger partial charge in [-0.3, -0.25) is 4.79 Å². The van der Waals surface area contributed by atoms with Gasteiger partial charge in [0.15, 0.2) is 5.76 Å². The molecule has 0 atom stereocenters. The van der Waals surface area contributed by atoms with Gasteiger partial charge in [0.05, 0.1) is 4.47 Å². The molecular formula is C22H18BrNO3. The minimum atomic E-state index is -0.154. The van der Waals surface area contributed by atoms with Gasteiger partial charge in [-0.15, -0.1) is 0 Å². The molecule has 0 saturated heterocycles. The van der Waals surface area contributed by atoms with Crippen LogP contribution < -0.4 is 0 Å². The molecular weight excluding hydrogens is 406 g/mol. The van der Waals surface area contributed by atoms with Crippen LogP contribution in [0.25, 0.3) is 21.7 Å². The smallest absolute Gasteiger partial charge is 0.289 e. The number of fused-ring (bicyclic) bond motifs is 2. The molecule has 0 fully saturated rings. The van der Waals surface area contributed by atoms with Gasteiger partial charge in [0.2, 0.25) is 0 Å². The van der Waals surface area contributed by atoms with E-state index in [0.717, 1.165) is 32.9 Å². The number of aryl methyl sites for hydroxylation is 1. The molecule has 1 heterocycles. The van der Waals surface area contributed by atoms with E-state index in [-0.39, 0.29) is 11.7 Å². The quantitative estimate of drug-likeness (QED) is 0.464. The number of carbonyl (C=O) groups is 1. The van der Waals surface area contributed by atoms with Crippen molar-refractivity contribution in [2.45, 2.75) is 13.5 Å². The molecule has 1 aromatic heterocycles. The Morgan fingerprint density at radius 1 is 1.04 bits per heavy atom. The van der Waals surface area contributed by atoms with E-state index in [1.54, 1.807) is 18.0 Å². The van der Waals surface area contributed by atoms with Crippen LogP contribution in [0.15, 0.2) is 63.5 Å². The largest absolute Gasteiger partial charge is 0.507 e. The van der Waals surface area contributed by atoms with Gasteiger partial charge in [0.1, 0.15) is 11.3 Å². The highest BCUT2D eigenvalue weighted by molar-refractivity contribution is 9.10. The summed E-state index contributed by atoms with van der Waals surface area (Å²) in [5.74, 6) is 0.415. The predicted molar refractivity (Wildman–Crippen MR) is 110 cm³/mol. The van der Waals surface area contributed by atoms with Crippen molar-refractivity contribution in [1.82, 2.24) is 4.90 Å². The minimum Gasteiger partial charge on any atom is -0.507 e. The first kappa shape index (κ1) is 17.6. The standard InChI is InChI=1S/C22H18BrNO3/c1-13-15-7-3-4-9-19(15)27-21(13)22(26)24(2)12-14-6-5-8-17-16(14)10-11-18(25)20(17)23/h3-11,25H,12H2,1-2H3. The van der Waals surface area contributed by atoms with E-state index in [2.05, 4.69) is 15.9 Å². The van der Waals surface area contributed by atoms with E-state index in [0.29, 0.717) is 16.8 Å². The van der Waals surface area contributed by atoms with E-state index >= 15 is 0 Å². The second-order valence-corrected chi connectivity index (χ2v) is 7.42. The van der Waals surface area contributed by atoms with E-state index in [9.17, 15) is 9.90 Å². The Kier molecular flexibility index (Phi) is 4.40. The summed E-state index contributed by atoms with van der Waals surface area (Å²) in [7, 11) is 1.77. The lowest BCUT2D eigenvalue weighted by molar-refractivity contribution is 0.0755. The van der Waals surface area contributed by atoms with Crippen molar-refractivity contribution in [2.24, 2.45) is 0 Å². The number of amides is 1. The molecule has 0 saturated carbocycles. The zero-order valence-electron chi connectivity index (χ0n) is 15.0. The molecule has 3 aromatic carbocycles. The summed E-state index contributed by atoms with van der Waals surface area (Å²) in [5.41, 5.74) is 2.57. The Hall–Kier alpha value is -2.79. The van der Waals surface area contributed by atoms with Crippen LogP contribution in [0.2, 0.25) is 0 Å². The number of rotatable bonds is 3. The van der Waals surface area contributed by atoms with Gasteiger partial charge >= 0.3 is 0 Å². The summed E-state index contributed by atoms with van der Waals surface area (Å²) in [6.45, 7) is 2.34. The van der Waals surface area contributed by atoms with Crippen LogP contribution in [-0.2, 0) is 6.54 Å². The molecule has 0 aliphatic heterocycles. The third-order valence-electron chi connectivity index (χ3n) is 4.86. The lowest BCUT2D eigenvalue weighted by Gasteiger charge is -2.18. The first-order valence-corrected chi connectivity index (χ1v) is 9.39. The van der Waals surface area contributed by atoms with Gasteiger partial charge in [-0.05, 0) is 51.3 Å². The van der Waals surface area contributed by atoms with E-state index in [1.807, 2.05) is 55.5 Å². The maximum Gasteiger partial charge on any atom is 0.289 e. The summed E-state index contributed by atoms with van der Waals surface area (Å²) in [6.07, 6.45) is 0. The van der Waals surface area contributed by atoms with Crippen LogP contribution in [-0.4, -0.2) is 23.0 Å². The van der Waals surface area contributed by atoms with Crippen molar-refractivity contribution < 1.29 is 14.3 Å². The molecule has 1 N–H and O–H groups in total. The number of nitrogens with zero attached hydrogens (tertiary/aromatic N) is 1. The van der Waals surface area contributed by atoms with Crippen molar-refractivity contribution in [3.8, 4) is 5.75 Å². The van der Waals surface area contributed by atoms with Crippen LogP contribution >= 0.6 is 15.9 Å². The van der Waals surface area contributed by atoms with Crippen LogP contribution in [0.5, 0.6) is 5.75 Å². The monoisotopic (exact) mass is 423 g/mol. The zero-order chi connectivity index (χ0) is 19.1. The van der Waals surface area contributed by atoms with Gasteiger partial charge in [-0.1, -0.05) is 42.5 Å². The SMILES string of the molecule is Cc1c(C(=O)N(C)Cc2cccc3c(Br)c(O)ccc23)oc2ccccc12. The van der Waals surface area contributed by atoms with Gasteiger partial charge in [-0.2, -0.15) is 0 Å². The molecule has 4 nitrogen and oxygen atoms in total. The molecule has 1 amide bonds. The topological polar surface area (TPSA) is 53.7 Å². The Bertz CT molecular complexity index is 1180. The number of para-hydroxylation sites is 1. The van der Waals surface area contributed by atoms with Crippen LogP contribution in [0.1, 0.15) is 21.7 Å². The zero-order valence-corrected chi connectivity index (χ0v) is 16.6. The summed E-state index contributed by atoms with van der Waals surface area (Å²) < 4.78 is 6.47. The van der Waals surface area contributed by atoms with Crippen molar-refractivity contribution >= 4 is 43.6 Å². The molecule has 0 radical (unpaired) electrons. The Morgan fingerprint density at radius 3 is 2.56 bits per heavy atom. The third-order valence-corrected chi connectivity index (χ3v) is 5.69. The second kappa shape index (κ2) is 6.74. The maximum absolute atomic E-state index is 13.0. The van der Waals surface area contributed by atoms with Gasteiger partial charge in [0.25, 0.3) is 5.91 Å². The van der Waals surface area contributed by atoms with E-state index < -0.39 is 0 Å². The number of hydrogen-bond donors (Lipinski definition) is 1. The molecule has 136 valence electrons. The van der Waals surface area contributed by atoms with Crippen LogP contribution in [0.4, 0.5) is 0 Å². The Morgan fingerprint density at radius 2 is 1.78 bits per heavy atom. The highest BCUT2D eigenvalue weighted by Gasteiger charge is 2.21.